The number of halogens is 1. The minimum Gasteiger partial charge on any atom is -0.302 e. The molecule has 0 spiro atoms. The van der Waals surface area contributed by atoms with E-state index in [9.17, 15) is 9.18 Å². The molecule has 1 N–H and O–H groups in total. The summed E-state index contributed by atoms with van der Waals surface area (Å²) in [6.45, 7) is 2.00. The number of hydrogen-bond acceptors (Lipinski definition) is 3. The number of aromatic nitrogens is 1. The molecule has 116 valence electrons. The average Bonchev–Trinajstić information content (AvgIpc) is 3.21. The summed E-state index contributed by atoms with van der Waals surface area (Å²) < 4.78 is 14.8. The monoisotopic (exact) mass is 326 g/mol. The van der Waals surface area contributed by atoms with Gasteiger partial charge < -0.3 is 5.32 Å². The molecule has 23 heavy (non-hydrogen) atoms. The molecule has 1 fully saturated rings. The number of nitrogens with zero attached hydrogens (tertiary/aromatic N) is 1. The molecule has 0 saturated heterocycles. The largest absolute Gasteiger partial charge is 0.302 e. The van der Waals surface area contributed by atoms with E-state index in [-0.39, 0.29) is 23.6 Å². The van der Waals surface area contributed by atoms with E-state index in [0.717, 1.165) is 15.8 Å². The van der Waals surface area contributed by atoms with Crippen molar-refractivity contribution in [3.8, 4) is 0 Å². The van der Waals surface area contributed by atoms with Gasteiger partial charge in [-0.3, -0.25) is 4.79 Å². The Morgan fingerprint density at radius 3 is 2.87 bits per heavy atom. The number of rotatable bonds is 3. The first-order chi connectivity index (χ1) is 11.1. The summed E-state index contributed by atoms with van der Waals surface area (Å²) in [5.74, 6) is -0.495. The summed E-state index contributed by atoms with van der Waals surface area (Å²) in [7, 11) is 0. The van der Waals surface area contributed by atoms with E-state index in [0.29, 0.717) is 17.1 Å². The quantitative estimate of drug-likeness (QED) is 0.771. The second-order valence-corrected chi connectivity index (χ2v) is 6.93. The minimum atomic E-state index is -0.233. The van der Waals surface area contributed by atoms with Crippen molar-refractivity contribution in [2.45, 2.75) is 19.3 Å². The van der Waals surface area contributed by atoms with Crippen molar-refractivity contribution >= 4 is 32.6 Å². The first-order valence-corrected chi connectivity index (χ1v) is 8.36. The van der Waals surface area contributed by atoms with E-state index in [4.69, 9.17) is 0 Å². The molecule has 2 atom stereocenters. The maximum Gasteiger partial charge on any atom is 0.229 e. The van der Waals surface area contributed by atoms with E-state index < -0.39 is 0 Å². The zero-order valence-electron chi connectivity index (χ0n) is 12.5. The Labute approximate surface area is 137 Å². The maximum absolute atomic E-state index is 13.8. The summed E-state index contributed by atoms with van der Waals surface area (Å²) in [6.07, 6.45) is 0.691. The van der Waals surface area contributed by atoms with Crippen LogP contribution < -0.4 is 5.32 Å². The molecule has 2 aromatic carbocycles. The van der Waals surface area contributed by atoms with Gasteiger partial charge in [-0.2, -0.15) is 0 Å². The Bertz CT molecular complexity index is 905. The van der Waals surface area contributed by atoms with Crippen LogP contribution in [-0.2, 0) is 4.79 Å². The second-order valence-electron chi connectivity index (χ2n) is 5.90. The zero-order valence-corrected chi connectivity index (χ0v) is 13.4. The number of carbonyl (C=O) groups excluding carboxylic acids is 1. The lowest BCUT2D eigenvalue weighted by Crippen LogP contribution is -2.14. The van der Waals surface area contributed by atoms with Crippen LogP contribution in [0.3, 0.4) is 0 Å². The normalized spacial score (nSPS) is 19.7. The molecule has 5 heteroatoms. The van der Waals surface area contributed by atoms with E-state index in [1.165, 1.54) is 17.4 Å². The molecule has 1 heterocycles. The molecule has 1 aliphatic rings. The fourth-order valence-electron chi connectivity index (χ4n) is 2.94. The first-order valence-electron chi connectivity index (χ1n) is 7.55. The van der Waals surface area contributed by atoms with Gasteiger partial charge in [0.25, 0.3) is 0 Å². The summed E-state index contributed by atoms with van der Waals surface area (Å²) in [6, 6.07) is 12.7. The number of thiazole rings is 1. The third kappa shape index (κ3) is 2.61. The van der Waals surface area contributed by atoms with Gasteiger partial charge in [-0.1, -0.05) is 41.7 Å². The number of benzene rings is 2. The molecule has 1 aliphatic carbocycles. The summed E-state index contributed by atoms with van der Waals surface area (Å²) >= 11 is 1.47. The number of aryl methyl sites for hydroxylation is 1. The number of carbonyl (C=O) groups is 1. The van der Waals surface area contributed by atoms with Crippen molar-refractivity contribution in [3.05, 3.63) is 59.4 Å². The zero-order chi connectivity index (χ0) is 16.0. The van der Waals surface area contributed by atoms with E-state index in [2.05, 4.69) is 10.3 Å². The van der Waals surface area contributed by atoms with E-state index in [1.807, 2.05) is 31.2 Å². The highest BCUT2D eigenvalue weighted by Gasteiger charge is 2.45. The molecule has 1 aromatic heterocycles. The van der Waals surface area contributed by atoms with Crippen LogP contribution in [0.4, 0.5) is 9.52 Å². The van der Waals surface area contributed by atoms with Crippen LogP contribution >= 0.6 is 11.3 Å². The smallest absolute Gasteiger partial charge is 0.229 e. The van der Waals surface area contributed by atoms with Crippen LogP contribution in [0.25, 0.3) is 10.2 Å². The van der Waals surface area contributed by atoms with Crippen molar-refractivity contribution < 1.29 is 9.18 Å². The van der Waals surface area contributed by atoms with Crippen LogP contribution in [0.5, 0.6) is 0 Å². The van der Waals surface area contributed by atoms with Gasteiger partial charge in [-0.05, 0) is 42.5 Å². The van der Waals surface area contributed by atoms with Crippen molar-refractivity contribution in [1.29, 1.82) is 0 Å². The molecule has 3 nitrogen and oxygen atoms in total. The van der Waals surface area contributed by atoms with Gasteiger partial charge in [0.1, 0.15) is 5.82 Å². The average molecular weight is 326 g/mol. The highest BCUT2D eigenvalue weighted by atomic mass is 32.1. The van der Waals surface area contributed by atoms with Gasteiger partial charge in [-0.15, -0.1) is 0 Å². The molecular formula is C18H15FN2OS. The molecule has 2 unspecified atom stereocenters. The first kappa shape index (κ1) is 14.3. The molecule has 3 aromatic rings. The SMILES string of the molecule is Cc1cccc2sc(NC(=O)C3CC3c3ccccc3F)nc12. The van der Waals surface area contributed by atoms with Crippen LogP contribution in [-0.4, -0.2) is 10.9 Å². The van der Waals surface area contributed by atoms with Gasteiger partial charge in [0.2, 0.25) is 5.91 Å². The lowest BCUT2D eigenvalue weighted by molar-refractivity contribution is -0.117. The Balaban J connectivity index is 1.50. The van der Waals surface area contributed by atoms with Gasteiger partial charge in [0.05, 0.1) is 10.2 Å². The molecule has 0 aliphatic heterocycles. The van der Waals surface area contributed by atoms with Crippen LogP contribution in [0, 0.1) is 18.7 Å². The number of para-hydroxylation sites is 1. The van der Waals surface area contributed by atoms with Crippen LogP contribution in [0.2, 0.25) is 0 Å². The highest BCUT2D eigenvalue weighted by molar-refractivity contribution is 7.22. The molecule has 4 rings (SSSR count). The minimum absolute atomic E-state index is 0.0210. The predicted octanol–water partition coefficient (Wildman–Crippen LogP) is 4.49. The Kier molecular flexibility index (Phi) is 3.38. The van der Waals surface area contributed by atoms with E-state index >= 15 is 0 Å². The van der Waals surface area contributed by atoms with Gasteiger partial charge in [0, 0.05) is 5.92 Å². The lowest BCUT2D eigenvalue weighted by Gasteiger charge is -2.02. The van der Waals surface area contributed by atoms with Crippen molar-refractivity contribution in [2.24, 2.45) is 5.92 Å². The fourth-order valence-corrected chi connectivity index (χ4v) is 3.89. The van der Waals surface area contributed by atoms with Crippen molar-refractivity contribution in [2.75, 3.05) is 5.32 Å². The van der Waals surface area contributed by atoms with Gasteiger partial charge in [-0.25, -0.2) is 9.37 Å². The van der Waals surface area contributed by atoms with Gasteiger partial charge >= 0.3 is 0 Å². The number of amides is 1. The van der Waals surface area contributed by atoms with E-state index in [1.54, 1.807) is 12.1 Å². The predicted molar refractivity (Wildman–Crippen MR) is 90.2 cm³/mol. The fraction of sp³-hybridized carbons (Fsp3) is 0.222. The van der Waals surface area contributed by atoms with Crippen LogP contribution in [0.15, 0.2) is 42.5 Å². The Hall–Kier alpha value is -2.27. The van der Waals surface area contributed by atoms with Crippen molar-refractivity contribution in [1.82, 2.24) is 4.98 Å². The molecule has 0 bridgehead atoms. The number of hydrogen-bond donors (Lipinski definition) is 1. The second kappa shape index (κ2) is 5.42. The van der Waals surface area contributed by atoms with Crippen molar-refractivity contribution in [3.63, 3.8) is 0 Å². The van der Waals surface area contributed by atoms with Gasteiger partial charge in [0.15, 0.2) is 5.13 Å². The lowest BCUT2D eigenvalue weighted by atomic mass is 10.1. The molecule has 1 saturated carbocycles. The molecule has 1 amide bonds. The highest BCUT2D eigenvalue weighted by Crippen LogP contribution is 2.48. The Morgan fingerprint density at radius 2 is 2.09 bits per heavy atom. The standard InChI is InChI=1S/C18H15FN2OS/c1-10-5-4-8-15-16(10)20-18(23-15)21-17(22)13-9-12(13)11-6-2-3-7-14(11)19/h2-8,12-13H,9H2,1H3,(H,20,21,22). The summed E-state index contributed by atoms with van der Waals surface area (Å²) in [4.78, 5) is 16.9. The number of anilines is 1. The third-order valence-electron chi connectivity index (χ3n) is 4.28. The summed E-state index contributed by atoms with van der Waals surface area (Å²) in [5.41, 5.74) is 2.65. The summed E-state index contributed by atoms with van der Waals surface area (Å²) in [5, 5.41) is 3.50. The van der Waals surface area contributed by atoms with Crippen LogP contribution in [0.1, 0.15) is 23.5 Å². The number of nitrogens with one attached hydrogen (secondary N) is 1. The number of fused-ring (bicyclic) bond motifs is 1. The topological polar surface area (TPSA) is 42.0 Å². The Morgan fingerprint density at radius 1 is 1.26 bits per heavy atom. The third-order valence-corrected chi connectivity index (χ3v) is 5.22. The maximum atomic E-state index is 13.8. The molecule has 0 radical (unpaired) electrons. The molecular weight excluding hydrogens is 311 g/mol.